The summed E-state index contributed by atoms with van der Waals surface area (Å²) in [6.07, 6.45) is 1.64. The average molecular weight is 400 g/mol. The van der Waals surface area contributed by atoms with Crippen molar-refractivity contribution in [3.63, 3.8) is 0 Å². The van der Waals surface area contributed by atoms with E-state index in [0.29, 0.717) is 28.2 Å². The number of rotatable bonds is 3. The SMILES string of the molecule is CC1=NN(c2ccc(C)c(C)c2)C(=O)C1=Cc1c(C)[nH]n(-c2ccccc2C)c1=O. The first kappa shape index (κ1) is 19.6. The molecule has 6 nitrogen and oxygen atoms in total. The summed E-state index contributed by atoms with van der Waals surface area (Å²) in [4.78, 5) is 26.2. The second kappa shape index (κ2) is 7.30. The van der Waals surface area contributed by atoms with Crippen LogP contribution in [0.2, 0.25) is 0 Å². The molecular formula is C24H24N4O2. The number of amides is 1. The van der Waals surface area contributed by atoms with Gasteiger partial charge in [0.1, 0.15) is 0 Å². The van der Waals surface area contributed by atoms with E-state index in [1.54, 1.807) is 13.0 Å². The Hall–Kier alpha value is -3.67. The number of aryl methyl sites for hydroxylation is 4. The second-order valence-corrected chi connectivity index (χ2v) is 7.71. The van der Waals surface area contributed by atoms with Crippen molar-refractivity contribution >= 4 is 23.4 Å². The molecule has 1 aliphatic rings. The second-order valence-electron chi connectivity index (χ2n) is 7.71. The lowest BCUT2D eigenvalue weighted by Gasteiger charge is -2.13. The van der Waals surface area contributed by atoms with Crippen molar-refractivity contribution < 1.29 is 4.79 Å². The number of H-pyrrole nitrogens is 1. The topological polar surface area (TPSA) is 70.5 Å². The highest BCUT2D eigenvalue weighted by atomic mass is 16.2. The van der Waals surface area contributed by atoms with Crippen LogP contribution in [0.1, 0.15) is 34.9 Å². The molecule has 1 aromatic heterocycles. The monoisotopic (exact) mass is 400 g/mol. The van der Waals surface area contributed by atoms with Gasteiger partial charge in [0.25, 0.3) is 11.5 Å². The molecule has 3 aromatic rings. The van der Waals surface area contributed by atoms with Gasteiger partial charge in [0.15, 0.2) is 0 Å². The Balaban J connectivity index is 1.75. The zero-order valence-corrected chi connectivity index (χ0v) is 17.8. The molecule has 0 bridgehead atoms. The molecule has 0 spiro atoms. The maximum Gasteiger partial charge on any atom is 0.280 e. The molecule has 0 saturated heterocycles. The Labute approximate surface area is 175 Å². The van der Waals surface area contributed by atoms with Crippen LogP contribution in [0.3, 0.4) is 0 Å². The number of aromatic amines is 1. The molecule has 1 amide bonds. The largest absolute Gasteiger partial charge is 0.295 e. The highest BCUT2D eigenvalue weighted by Crippen LogP contribution is 2.26. The van der Waals surface area contributed by atoms with E-state index in [1.807, 2.05) is 70.2 Å². The zero-order valence-electron chi connectivity index (χ0n) is 17.8. The Bertz CT molecular complexity index is 1290. The van der Waals surface area contributed by atoms with Crippen LogP contribution < -0.4 is 10.6 Å². The molecule has 30 heavy (non-hydrogen) atoms. The van der Waals surface area contributed by atoms with Crippen molar-refractivity contribution in [2.45, 2.75) is 34.6 Å². The number of anilines is 1. The lowest BCUT2D eigenvalue weighted by Crippen LogP contribution is -2.22. The van der Waals surface area contributed by atoms with Crippen LogP contribution in [0.15, 0.2) is 57.9 Å². The summed E-state index contributed by atoms with van der Waals surface area (Å²) in [5, 5.41) is 8.96. The van der Waals surface area contributed by atoms with E-state index in [-0.39, 0.29) is 11.5 Å². The third-order valence-electron chi connectivity index (χ3n) is 5.56. The number of carbonyl (C=O) groups is 1. The molecule has 152 valence electrons. The molecule has 0 atom stereocenters. The molecule has 1 aliphatic heterocycles. The van der Waals surface area contributed by atoms with Crippen LogP contribution in [0.4, 0.5) is 5.69 Å². The smallest absolute Gasteiger partial charge is 0.280 e. The van der Waals surface area contributed by atoms with Gasteiger partial charge in [-0.05, 0) is 75.6 Å². The molecule has 0 radical (unpaired) electrons. The fraction of sp³-hybridized carbons (Fsp3) is 0.208. The van der Waals surface area contributed by atoms with Crippen LogP contribution >= 0.6 is 0 Å². The fourth-order valence-corrected chi connectivity index (χ4v) is 3.57. The number of benzene rings is 2. The molecule has 0 fully saturated rings. The van der Waals surface area contributed by atoms with Crippen LogP contribution in [-0.4, -0.2) is 21.4 Å². The maximum absolute atomic E-state index is 13.1. The van der Waals surface area contributed by atoms with Gasteiger partial charge in [0.05, 0.1) is 28.2 Å². The Morgan fingerprint density at radius 3 is 2.33 bits per heavy atom. The van der Waals surface area contributed by atoms with Crippen molar-refractivity contribution in [3.05, 3.63) is 86.3 Å². The van der Waals surface area contributed by atoms with Gasteiger partial charge < -0.3 is 0 Å². The first-order valence-corrected chi connectivity index (χ1v) is 9.84. The number of hydrogen-bond donors (Lipinski definition) is 1. The number of para-hydroxylation sites is 1. The van der Waals surface area contributed by atoms with Gasteiger partial charge in [-0.3, -0.25) is 14.7 Å². The van der Waals surface area contributed by atoms with Crippen LogP contribution in [0, 0.1) is 27.7 Å². The normalized spacial score (nSPS) is 15.2. The van der Waals surface area contributed by atoms with E-state index in [4.69, 9.17) is 0 Å². The molecule has 0 unspecified atom stereocenters. The first-order chi connectivity index (χ1) is 14.3. The van der Waals surface area contributed by atoms with E-state index in [2.05, 4.69) is 10.2 Å². The minimum Gasteiger partial charge on any atom is -0.295 e. The summed E-state index contributed by atoms with van der Waals surface area (Å²) in [7, 11) is 0. The lowest BCUT2D eigenvalue weighted by molar-refractivity contribution is -0.114. The number of hydrogen-bond acceptors (Lipinski definition) is 3. The third-order valence-corrected chi connectivity index (χ3v) is 5.56. The van der Waals surface area contributed by atoms with Gasteiger partial charge >= 0.3 is 0 Å². The number of hydrazone groups is 1. The average Bonchev–Trinajstić information content (AvgIpc) is 3.15. The Kier molecular flexibility index (Phi) is 4.78. The van der Waals surface area contributed by atoms with E-state index in [0.717, 1.165) is 22.4 Å². The Morgan fingerprint density at radius 1 is 0.900 bits per heavy atom. The summed E-state index contributed by atoms with van der Waals surface area (Å²) < 4.78 is 1.52. The minimum atomic E-state index is -0.238. The zero-order chi connectivity index (χ0) is 21.6. The highest BCUT2D eigenvalue weighted by Gasteiger charge is 2.29. The maximum atomic E-state index is 13.1. The molecule has 0 saturated carbocycles. The molecule has 2 aromatic carbocycles. The van der Waals surface area contributed by atoms with Crippen molar-refractivity contribution in [1.29, 1.82) is 0 Å². The summed E-state index contributed by atoms with van der Waals surface area (Å²) in [5.41, 5.74) is 6.69. The minimum absolute atomic E-state index is 0.195. The van der Waals surface area contributed by atoms with Gasteiger partial charge in [-0.25, -0.2) is 4.68 Å². The van der Waals surface area contributed by atoms with Crippen LogP contribution in [-0.2, 0) is 4.79 Å². The summed E-state index contributed by atoms with van der Waals surface area (Å²) in [6, 6.07) is 13.5. The molecule has 2 heterocycles. The first-order valence-electron chi connectivity index (χ1n) is 9.84. The number of aromatic nitrogens is 2. The van der Waals surface area contributed by atoms with Crippen LogP contribution in [0.25, 0.3) is 11.8 Å². The summed E-state index contributed by atoms with van der Waals surface area (Å²) >= 11 is 0. The van der Waals surface area contributed by atoms with E-state index in [9.17, 15) is 9.59 Å². The lowest BCUT2D eigenvalue weighted by atomic mass is 10.1. The fourth-order valence-electron chi connectivity index (χ4n) is 3.57. The summed E-state index contributed by atoms with van der Waals surface area (Å²) in [6.45, 7) is 9.60. The van der Waals surface area contributed by atoms with Crippen LogP contribution in [0.5, 0.6) is 0 Å². The van der Waals surface area contributed by atoms with Gasteiger partial charge in [-0.1, -0.05) is 24.3 Å². The predicted molar refractivity (Wildman–Crippen MR) is 120 cm³/mol. The van der Waals surface area contributed by atoms with E-state index < -0.39 is 0 Å². The van der Waals surface area contributed by atoms with Gasteiger partial charge in [0.2, 0.25) is 0 Å². The molecule has 6 heteroatoms. The number of nitrogens with zero attached hydrogens (tertiary/aromatic N) is 3. The van der Waals surface area contributed by atoms with Crippen molar-refractivity contribution in [2.75, 3.05) is 5.01 Å². The molecule has 1 N–H and O–H groups in total. The standard InChI is InChI=1S/C24H24N4O2/c1-14-10-11-19(12-16(14)3)27-23(29)20(17(4)25-27)13-21-18(5)26-28(24(21)30)22-9-7-6-8-15(22)2/h6-13,26H,1-5H3. The predicted octanol–water partition coefficient (Wildman–Crippen LogP) is 4.21. The molecule has 0 aliphatic carbocycles. The van der Waals surface area contributed by atoms with E-state index >= 15 is 0 Å². The quantitative estimate of drug-likeness (QED) is 0.669. The number of nitrogens with one attached hydrogen (secondary N) is 1. The van der Waals surface area contributed by atoms with Gasteiger partial charge in [-0.15, -0.1) is 0 Å². The van der Waals surface area contributed by atoms with Gasteiger partial charge in [0, 0.05) is 5.69 Å². The molecule has 4 rings (SSSR count). The molecular weight excluding hydrogens is 376 g/mol. The Morgan fingerprint density at radius 2 is 1.63 bits per heavy atom. The van der Waals surface area contributed by atoms with Crippen molar-refractivity contribution in [1.82, 2.24) is 9.78 Å². The van der Waals surface area contributed by atoms with E-state index in [1.165, 1.54) is 9.69 Å². The summed E-state index contributed by atoms with van der Waals surface area (Å²) in [5.74, 6) is -0.238. The number of carbonyl (C=O) groups excluding carboxylic acids is 1. The van der Waals surface area contributed by atoms with Crippen molar-refractivity contribution in [3.8, 4) is 5.69 Å². The van der Waals surface area contributed by atoms with Gasteiger partial charge in [-0.2, -0.15) is 10.1 Å². The third kappa shape index (κ3) is 3.20. The highest BCUT2D eigenvalue weighted by molar-refractivity contribution is 6.32. The van der Waals surface area contributed by atoms with Crippen molar-refractivity contribution in [2.24, 2.45) is 5.10 Å².